The third kappa shape index (κ3) is 5.65. The van der Waals surface area contributed by atoms with Crippen LogP contribution in [0.3, 0.4) is 0 Å². The summed E-state index contributed by atoms with van der Waals surface area (Å²) in [6.45, 7) is 0.226. The van der Waals surface area contributed by atoms with Crippen LogP contribution in [0.2, 0.25) is 0 Å². The van der Waals surface area contributed by atoms with Gasteiger partial charge in [0.05, 0.1) is 12.2 Å². The zero-order valence-electron chi connectivity index (χ0n) is 11.2. The van der Waals surface area contributed by atoms with Gasteiger partial charge in [0.15, 0.2) is 0 Å². The molecule has 2 aromatic rings. The van der Waals surface area contributed by atoms with Gasteiger partial charge in [-0.25, -0.2) is 4.79 Å². The van der Waals surface area contributed by atoms with Crippen LogP contribution in [-0.2, 0) is 6.54 Å². The maximum absolute atomic E-state index is 12.3. The molecule has 0 spiro atoms. The fraction of sp³-hybridized carbons (Fsp3) is 0.143. The number of hydrogen-bond donors (Lipinski definition) is 2. The van der Waals surface area contributed by atoms with Crippen molar-refractivity contribution in [2.75, 3.05) is 5.32 Å². The van der Waals surface area contributed by atoms with Crippen LogP contribution < -0.4 is 10.6 Å². The molecule has 0 radical (unpaired) electrons. The number of hydrogen-bond acceptors (Lipinski definition) is 3. The quantitative estimate of drug-likeness (QED) is 0.834. The number of carbonyl (C=O) groups is 1. The summed E-state index contributed by atoms with van der Waals surface area (Å²) in [4.78, 5) is 15.8. The first-order valence-electron chi connectivity index (χ1n) is 6.23. The van der Waals surface area contributed by atoms with Crippen molar-refractivity contribution in [1.82, 2.24) is 10.3 Å². The summed E-state index contributed by atoms with van der Waals surface area (Å²) in [5.41, 5.74) is -3.40. The second-order valence-electron chi connectivity index (χ2n) is 4.20. The van der Waals surface area contributed by atoms with E-state index in [2.05, 4.69) is 15.6 Å². The lowest BCUT2D eigenvalue weighted by atomic mass is 10.3. The Morgan fingerprint density at radius 2 is 2.00 bits per heavy atom. The molecule has 2 rings (SSSR count). The number of nitrogens with zero attached hydrogens (tertiary/aromatic N) is 1. The number of urea groups is 1. The molecule has 2 amide bonds. The molecule has 2 N–H and O–H groups in total. The lowest BCUT2D eigenvalue weighted by molar-refractivity contribution is -0.0328. The summed E-state index contributed by atoms with van der Waals surface area (Å²) in [5, 5.41) is 5.05. The Labute approximate surface area is 129 Å². The van der Waals surface area contributed by atoms with Crippen LogP contribution in [0.25, 0.3) is 0 Å². The largest absolute Gasteiger partial charge is 0.446 e. The minimum atomic E-state index is -4.36. The number of alkyl halides is 3. The van der Waals surface area contributed by atoms with Crippen molar-refractivity contribution in [2.24, 2.45) is 0 Å². The zero-order valence-corrected chi connectivity index (χ0v) is 12.0. The van der Waals surface area contributed by atoms with Gasteiger partial charge < -0.3 is 10.6 Å². The third-order valence-corrected chi connectivity index (χ3v) is 3.20. The number of thioether (sulfide) groups is 1. The average molecular weight is 327 g/mol. The van der Waals surface area contributed by atoms with Gasteiger partial charge in [-0.15, -0.1) is 0 Å². The molecule has 0 aliphatic carbocycles. The van der Waals surface area contributed by atoms with Crippen molar-refractivity contribution in [3.8, 4) is 0 Å². The van der Waals surface area contributed by atoms with Crippen molar-refractivity contribution in [1.29, 1.82) is 0 Å². The first kappa shape index (κ1) is 16.2. The van der Waals surface area contributed by atoms with Crippen LogP contribution in [0.5, 0.6) is 0 Å². The topological polar surface area (TPSA) is 54.0 Å². The minimum absolute atomic E-state index is 0.00928. The lowest BCUT2D eigenvalue weighted by Crippen LogP contribution is -2.28. The molecule has 1 aromatic carbocycles. The van der Waals surface area contributed by atoms with E-state index in [0.717, 1.165) is 0 Å². The number of halogens is 3. The molecule has 4 nitrogen and oxygen atoms in total. The lowest BCUT2D eigenvalue weighted by Gasteiger charge is -2.09. The van der Waals surface area contributed by atoms with Crippen molar-refractivity contribution >= 4 is 23.5 Å². The van der Waals surface area contributed by atoms with E-state index in [1.54, 1.807) is 24.4 Å². The molecule has 0 bridgehead atoms. The van der Waals surface area contributed by atoms with Gasteiger partial charge in [-0.2, -0.15) is 13.2 Å². The number of rotatable bonds is 4. The number of aromatic nitrogens is 1. The Hall–Kier alpha value is -2.22. The van der Waals surface area contributed by atoms with Gasteiger partial charge in [-0.3, -0.25) is 4.98 Å². The second kappa shape index (κ2) is 7.17. The van der Waals surface area contributed by atoms with Crippen molar-refractivity contribution in [2.45, 2.75) is 16.9 Å². The van der Waals surface area contributed by atoms with Gasteiger partial charge in [0.25, 0.3) is 0 Å². The molecule has 0 aliphatic heterocycles. The van der Waals surface area contributed by atoms with Gasteiger partial charge in [0.1, 0.15) is 0 Å². The smallest absolute Gasteiger partial charge is 0.332 e. The summed E-state index contributed by atoms with van der Waals surface area (Å²) in [7, 11) is 0. The summed E-state index contributed by atoms with van der Waals surface area (Å²) < 4.78 is 36.9. The van der Waals surface area contributed by atoms with Crippen LogP contribution >= 0.6 is 11.8 Å². The molecular weight excluding hydrogens is 315 g/mol. The van der Waals surface area contributed by atoms with Crippen LogP contribution in [0, 0.1) is 0 Å². The Morgan fingerprint density at radius 1 is 1.18 bits per heavy atom. The molecule has 1 heterocycles. The molecule has 0 atom stereocenters. The standard InChI is InChI=1S/C14H12F3N3OS/c15-14(16,17)22-12-6-3-5-10(8-12)20-13(21)19-9-11-4-1-2-7-18-11/h1-8H,9H2,(H2,19,20,21). The fourth-order valence-corrected chi connectivity index (χ4v) is 2.22. The second-order valence-corrected chi connectivity index (χ2v) is 5.34. The van der Waals surface area contributed by atoms with E-state index in [0.29, 0.717) is 5.69 Å². The van der Waals surface area contributed by atoms with Crippen LogP contribution in [-0.4, -0.2) is 16.5 Å². The Morgan fingerprint density at radius 3 is 2.68 bits per heavy atom. The molecule has 0 fully saturated rings. The van der Waals surface area contributed by atoms with Gasteiger partial charge in [-0.1, -0.05) is 12.1 Å². The van der Waals surface area contributed by atoms with E-state index < -0.39 is 11.5 Å². The molecular formula is C14H12F3N3OS. The maximum Gasteiger partial charge on any atom is 0.446 e. The molecule has 0 saturated heterocycles. The Balaban J connectivity index is 1.90. The van der Waals surface area contributed by atoms with Crippen molar-refractivity contribution in [3.63, 3.8) is 0 Å². The van der Waals surface area contributed by atoms with Crippen LogP contribution in [0.1, 0.15) is 5.69 Å². The summed E-state index contributed by atoms with van der Waals surface area (Å²) in [6, 6.07) is 10.3. The number of pyridine rings is 1. The number of amides is 2. The van der Waals surface area contributed by atoms with E-state index in [9.17, 15) is 18.0 Å². The highest BCUT2D eigenvalue weighted by molar-refractivity contribution is 8.00. The van der Waals surface area contributed by atoms with Crippen LogP contribution in [0.15, 0.2) is 53.6 Å². The third-order valence-electron chi connectivity index (χ3n) is 2.48. The molecule has 22 heavy (non-hydrogen) atoms. The zero-order chi connectivity index (χ0) is 16.0. The average Bonchev–Trinajstić information content (AvgIpc) is 2.45. The summed E-state index contributed by atoms with van der Waals surface area (Å²) >= 11 is -0.229. The van der Waals surface area contributed by atoms with E-state index in [-0.39, 0.29) is 28.9 Å². The highest BCUT2D eigenvalue weighted by Gasteiger charge is 2.29. The normalized spacial score (nSPS) is 11.0. The molecule has 0 unspecified atom stereocenters. The highest BCUT2D eigenvalue weighted by Crippen LogP contribution is 2.37. The highest BCUT2D eigenvalue weighted by atomic mass is 32.2. The van der Waals surface area contributed by atoms with Crippen molar-refractivity contribution < 1.29 is 18.0 Å². The summed E-state index contributed by atoms with van der Waals surface area (Å²) in [5.74, 6) is 0. The Bertz CT molecular complexity index is 635. The molecule has 1 aromatic heterocycles. The van der Waals surface area contributed by atoms with Gasteiger partial charge >= 0.3 is 11.5 Å². The first-order valence-corrected chi connectivity index (χ1v) is 7.04. The number of carbonyl (C=O) groups excluding carboxylic acids is 1. The fourth-order valence-electron chi connectivity index (χ4n) is 1.62. The predicted molar refractivity (Wildman–Crippen MR) is 78.4 cm³/mol. The Kier molecular flexibility index (Phi) is 5.26. The molecule has 0 saturated carbocycles. The monoisotopic (exact) mass is 327 g/mol. The predicted octanol–water partition coefficient (Wildman–Crippen LogP) is 4.02. The number of benzene rings is 1. The van der Waals surface area contributed by atoms with E-state index in [1.165, 1.54) is 24.3 Å². The van der Waals surface area contributed by atoms with Crippen molar-refractivity contribution in [3.05, 3.63) is 54.4 Å². The van der Waals surface area contributed by atoms with E-state index in [4.69, 9.17) is 0 Å². The number of nitrogens with one attached hydrogen (secondary N) is 2. The van der Waals surface area contributed by atoms with Gasteiger partial charge in [-0.05, 0) is 42.1 Å². The SMILES string of the molecule is O=C(NCc1ccccn1)Nc1cccc(SC(F)(F)F)c1. The molecule has 8 heteroatoms. The minimum Gasteiger partial charge on any atom is -0.332 e. The van der Waals surface area contributed by atoms with E-state index >= 15 is 0 Å². The van der Waals surface area contributed by atoms with Crippen LogP contribution in [0.4, 0.5) is 23.7 Å². The van der Waals surface area contributed by atoms with E-state index in [1.807, 2.05) is 0 Å². The maximum atomic E-state index is 12.3. The van der Waals surface area contributed by atoms with Gasteiger partial charge in [0.2, 0.25) is 0 Å². The summed E-state index contributed by atoms with van der Waals surface area (Å²) in [6.07, 6.45) is 1.60. The molecule has 116 valence electrons. The first-order chi connectivity index (χ1) is 10.4. The molecule has 0 aliphatic rings. The number of anilines is 1. The van der Waals surface area contributed by atoms with Gasteiger partial charge in [0, 0.05) is 16.8 Å².